The van der Waals surface area contributed by atoms with Crippen molar-refractivity contribution in [2.24, 2.45) is 0 Å². The second kappa shape index (κ2) is 6.72. The lowest BCUT2D eigenvalue weighted by molar-refractivity contribution is -0.131. The number of hydrogen-bond donors (Lipinski definition) is 1. The first kappa shape index (κ1) is 17.6. The maximum Gasteiger partial charge on any atom is 0.253 e. The highest BCUT2D eigenvalue weighted by Gasteiger charge is 2.50. The minimum atomic E-state index is -0.173. The summed E-state index contributed by atoms with van der Waals surface area (Å²) in [6.07, 6.45) is 2.37. The van der Waals surface area contributed by atoms with Crippen LogP contribution in [0.1, 0.15) is 41.1 Å². The van der Waals surface area contributed by atoms with Crippen molar-refractivity contribution in [3.05, 3.63) is 65.7 Å². The first-order chi connectivity index (χ1) is 13.0. The molecule has 0 radical (unpaired) electrons. The van der Waals surface area contributed by atoms with E-state index < -0.39 is 0 Å². The number of hydrogen-bond acceptors (Lipinski definition) is 3. The van der Waals surface area contributed by atoms with Gasteiger partial charge in [-0.15, -0.1) is 0 Å². The van der Waals surface area contributed by atoms with Crippen LogP contribution in [0.4, 0.5) is 0 Å². The Morgan fingerprint density at radius 2 is 1.78 bits per heavy atom. The highest BCUT2D eigenvalue weighted by molar-refractivity contribution is 5.94. The highest BCUT2D eigenvalue weighted by Crippen LogP contribution is 2.44. The van der Waals surface area contributed by atoms with Gasteiger partial charge in [0, 0.05) is 31.2 Å². The van der Waals surface area contributed by atoms with Gasteiger partial charge in [0.15, 0.2) is 0 Å². The van der Waals surface area contributed by atoms with Crippen LogP contribution < -0.4 is 0 Å². The Hall–Kier alpha value is -2.82. The van der Waals surface area contributed by atoms with E-state index in [1.165, 1.54) is 6.07 Å². The lowest BCUT2D eigenvalue weighted by atomic mass is 9.81. The van der Waals surface area contributed by atoms with Crippen molar-refractivity contribution in [1.29, 1.82) is 0 Å². The molecule has 5 nitrogen and oxygen atoms in total. The van der Waals surface area contributed by atoms with Crippen LogP contribution in [0.25, 0.3) is 0 Å². The van der Waals surface area contributed by atoms with Crippen molar-refractivity contribution in [2.45, 2.75) is 30.7 Å². The van der Waals surface area contributed by atoms with Crippen LogP contribution >= 0.6 is 0 Å². The summed E-state index contributed by atoms with van der Waals surface area (Å²) in [4.78, 5) is 29.3. The van der Waals surface area contributed by atoms with Crippen molar-refractivity contribution in [3.8, 4) is 5.75 Å². The van der Waals surface area contributed by atoms with Crippen molar-refractivity contribution in [1.82, 2.24) is 9.80 Å². The molecule has 0 aliphatic carbocycles. The molecular weight excluding hydrogens is 340 g/mol. The average Bonchev–Trinajstić information content (AvgIpc) is 2.94. The molecule has 0 bridgehead atoms. The predicted molar refractivity (Wildman–Crippen MR) is 103 cm³/mol. The highest BCUT2D eigenvalue weighted by atomic mass is 16.3. The second-order valence-corrected chi connectivity index (χ2v) is 7.63. The molecule has 2 aromatic carbocycles. The number of benzene rings is 2. The van der Waals surface area contributed by atoms with Crippen molar-refractivity contribution < 1.29 is 14.7 Å². The largest absolute Gasteiger partial charge is 0.508 e. The summed E-state index contributed by atoms with van der Waals surface area (Å²) >= 11 is 0. The van der Waals surface area contributed by atoms with E-state index in [0.29, 0.717) is 18.7 Å². The van der Waals surface area contributed by atoms with Gasteiger partial charge in [-0.1, -0.05) is 36.4 Å². The maximum absolute atomic E-state index is 12.9. The third-order valence-corrected chi connectivity index (χ3v) is 6.20. The van der Waals surface area contributed by atoms with Gasteiger partial charge in [0.2, 0.25) is 5.91 Å². The van der Waals surface area contributed by atoms with Crippen LogP contribution in [0.15, 0.2) is 54.6 Å². The summed E-state index contributed by atoms with van der Waals surface area (Å²) in [6, 6.07) is 16.4. The number of likely N-dealkylation sites (N-methyl/N-ethyl adjacent to an activating group) is 1. The number of nitrogens with zero attached hydrogens (tertiary/aromatic N) is 2. The van der Waals surface area contributed by atoms with Gasteiger partial charge >= 0.3 is 0 Å². The molecule has 27 heavy (non-hydrogen) atoms. The summed E-state index contributed by atoms with van der Waals surface area (Å²) in [5.74, 6) is 0.118. The molecule has 0 aromatic heterocycles. The molecule has 140 valence electrons. The molecule has 0 saturated carbocycles. The molecule has 2 heterocycles. The van der Waals surface area contributed by atoms with Gasteiger partial charge in [-0.05, 0) is 43.0 Å². The molecule has 0 unspecified atom stereocenters. The first-order valence-corrected chi connectivity index (χ1v) is 9.41. The third kappa shape index (κ3) is 3.07. The number of phenols is 1. The quantitative estimate of drug-likeness (QED) is 0.891. The predicted octanol–water partition coefficient (Wildman–Crippen LogP) is 3.01. The first-order valence-electron chi connectivity index (χ1n) is 9.41. The van der Waals surface area contributed by atoms with E-state index in [-0.39, 0.29) is 29.0 Å². The normalized spacial score (nSPS) is 21.7. The van der Waals surface area contributed by atoms with Crippen molar-refractivity contribution in [2.75, 3.05) is 20.1 Å². The fourth-order valence-electron chi connectivity index (χ4n) is 4.50. The zero-order chi connectivity index (χ0) is 19.0. The van der Waals surface area contributed by atoms with Crippen LogP contribution in [0, 0.1) is 0 Å². The van der Waals surface area contributed by atoms with Crippen LogP contribution in [0.2, 0.25) is 0 Å². The van der Waals surface area contributed by atoms with Crippen LogP contribution in [-0.2, 0) is 4.79 Å². The standard InChI is InChI=1S/C22H24N2O3/c1-23-21(27)19(16-6-3-2-4-7-16)15-22(23)10-12-24(13-11-22)20(26)17-8-5-9-18(25)14-17/h2-9,14,19,25H,10-13,15H2,1H3/t19-/m1/s1. The minimum Gasteiger partial charge on any atom is -0.508 e. The average molecular weight is 364 g/mol. The second-order valence-electron chi connectivity index (χ2n) is 7.63. The number of piperidine rings is 1. The summed E-state index contributed by atoms with van der Waals surface area (Å²) in [5.41, 5.74) is 1.40. The molecule has 2 aliphatic rings. The van der Waals surface area contributed by atoms with Crippen molar-refractivity contribution >= 4 is 11.8 Å². The SMILES string of the molecule is CN1C(=O)[C@@H](c2ccccc2)CC12CCN(C(=O)c1cccc(O)c1)CC2. The third-order valence-electron chi connectivity index (χ3n) is 6.20. The molecule has 1 spiro atoms. The van der Waals surface area contributed by atoms with Gasteiger partial charge in [-0.2, -0.15) is 0 Å². The van der Waals surface area contributed by atoms with Gasteiger partial charge in [0.05, 0.1) is 5.92 Å². The molecule has 2 aromatic rings. The minimum absolute atomic E-state index is 0.0627. The topological polar surface area (TPSA) is 60.9 Å². The summed E-state index contributed by atoms with van der Waals surface area (Å²) in [5, 5.41) is 9.61. The van der Waals surface area contributed by atoms with E-state index in [9.17, 15) is 14.7 Å². The number of likely N-dealkylation sites (tertiary alicyclic amines) is 2. The maximum atomic E-state index is 12.9. The van der Waals surface area contributed by atoms with Crippen molar-refractivity contribution in [3.63, 3.8) is 0 Å². The van der Waals surface area contributed by atoms with E-state index in [4.69, 9.17) is 0 Å². The molecule has 5 heteroatoms. The van der Waals surface area contributed by atoms with Gasteiger partial charge in [-0.25, -0.2) is 0 Å². The fourth-order valence-corrected chi connectivity index (χ4v) is 4.50. The van der Waals surface area contributed by atoms with E-state index in [2.05, 4.69) is 0 Å². The fraction of sp³-hybridized carbons (Fsp3) is 0.364. The molecule has 4 rings (SSSR count). The molecule has 2 fully saturated rings. The van der Waals surface area contributed by atoms with Gasteiger partial charge in [-0.3, -0.25) is 9.59 Å². The number of aromatic hydroxyl groups is 1. The molecular formula is C22H24N2O3. The van der Waals surface area contributed by atoms with E-state index in [1.807, 2.05) is 47.2 Å². The zero-order valence-corrected chi connectivity index (χ0v) is 15.5. The van der Waals surface area contributed by atoms with Crippen LogP contribution in [0.3, 0.4) is 0 Å². The molecule has 1 atom stereocenters. The number of rotatable bonds is 2. The Labute approximate surface area is 159 Å². The lowest BCUT2D eigenvalue weighted by Gasteiger charge is -2.43. The Balaban J connectivity index is 1.48. The zero-order valence-electron chi connectivity index (χ0n) is 15.5. The van der Waals surface area contributed by atoms with Gasteiger partial charge in [0.25, 0.3) is 5.91 Å². The Morgan fingerprint density at radius 3 is 2.44 bits per heavy atom. The van der Waals surface area contributed by atoms with E-state index in [0.717, 1.165) is 24.8 Å². The molecule has 2 amide bonds. The summed E-state index contributed by atoms with van der Waals surface area (Å²) < 4.78 is 0. The van der Waals surface area contributed by atoms with Crippen LogP contribution in [-0.4, -0.2) is 52.4 Å². The van der Waals surface area contributed by atoms with E-state index >= 15 is 0 Å². The Kier molecular flexibility index (Phi) is 4.38. The summed E-state index contributed by atoms with van der Waals surface area (Å²) in [6.45, 7) is 1.24. The number of carbonyl (C=O) groups is 2. The molecule has 2 aliphatic heterocycles. The number of phenolic OH excluding ortho intramolecular Hbond substituents is 1. The Bertz CT molecular complexity index is 857. The van der Waals surface area contributed by atoms with Gasteiger partial charge < -0.3 is 14.9 Å². The number of amides is 2. The molecule has 2 saturated heterocycles. The molecule has 1 N–H and O–H groups in total. The lowest BCUT2D eigenvalue weighted by Crippen LogP contribution is -2.52. The van der Waals surface area contributed by atoms with E-state index in [1.54, 1.807) is 18.2 Å². The van der Waals surface area contributed by atoms with Gasteiger partial charge in [0.1, 0.15) is 5.75 Å². The number of carbonyl (C=O) groups excluding carboxylic acids is 2. The van der Waals surface area contributed by atoms with Crippen LogP contribution in [0.5, 0.6) is 5.75 Å². The monoisotopic (exact) mass is 364 g/mol. The Morgan fingerprint density at radius 1 is 1.07 bits per heavy atom. The smallest absolute Gasteiger partial charge is 0.253 e. The summed E-state index contributed by atoms with van der Waals surface area (Å²) in [7, 11) is 1.90.